The van der Waals surface area contributed by atoms with Gasteiger partial charge in [0.05, 0.1) is 11.6 Å². The van der Waals surface area contributed by atoms with E-state index in [1.54, 1.807) is 0 Å². The fourth-order valence-electron chi connectivity index (χ4n) is 2.11. The molecule has 1 aromatic heterocycles. The van der Waals surface area contributed by atoms with Crippen LogP contribution in [0.5, 0.6) is 0 Å². The van der Waals surface area contributed by atoms with Crippen molar-refractivity contribution in [1.82, 2.24) is 4.57 Å². The lowest BCUT2D eigenvalue weighted by molar-refractivity contribution is 0.674. The largest absolute Gasteiger partial charge is 0.346 e. The molecule has 3 nitrogen and oxygen atoms in total. The molecule has 2 rings (SSSR count). The van der Waals surface area contributed by atoms with Gasteiger partial charge in [0.25, 0.3) is 0 Å². The van der Waals surface area contributed by atoms with Gasteiger partial charge in [-0.15, -0.1) is 0 Å². The highest BCUT2D eigenvalue weighted by Gasteiger charge is 2.07. The summed E-state index contributed by atoms with van der Waals surface area (Å²) in [5.41, 5.74) is 10.1. The van der Waals surface area contributed by atoms with Crippen molar-refractivity contribution < 1.29 is 0 Å². The van der Waals surface area contributed by atoms with Gasteiger partial charge in [-0.05, 0) is 49.2 Å². The highest BCUT2D eigenvalue weighted by Crippen LogP contribution is 2.16. The van der Waals surface area contributed by atoms with Gasteiger partial charge in [0.1, 0.15) is 0 Å². The van der Waals surface area contributed by atoms with Crippen LogP contribution in [0.2, 0.25) is 0 Å². The second-order valence-electron chi connectivity index (χ2n) is 4.60. The summed E-state index contributed by atoms with van der Waals surface area (Å²) in [5.74, 6) is 0. The molecule has 0 amide bonds. The summed E-state index contributed by atoms with van der Waals surface area (Å²) in [6, 6.07) is 12.0. The zero-order chi connectivity index (χ0) is 13.1. The number of hydrogen-bond acceptors (Lipinski definition) is 2. The first-order chi connectivity index (χ1) is 8.61. The molecule has 0 radical (unpaired) electrons. The van der Waals surface area contributed by atoms with Crippen LogP contribution in [0.3, 0.4) is 0 Å². The zero-order valence-electron chi connectivity index (χ0n) is 10.7. The van der Waals surface area contributed by atoms with E-state index in [-0.39, 0.29) is 6.04 Å². The van der Waals surface area contributed by atoms with E-state index >= 15 is 0 Å². The predicted molar refractivity (Wildman–Crippen MR) is 72.0 cm³/mol. The van der Waals surface area contributed by atoms with E-state index in [1.165, 1.54) is 5.56 Å². The van der Waals surface area contributed by atoms with E-state index in [1.807, 2.05) is 50.4 Å². The standard InChI is InChI=1S/C15H17N3/c1-11-8-13(9-16)5-6-14(11)10-18-7-3-4-15(18)12(2)17/h3-8,12H,10,17H2,1-2H3. The number of nitrogens with zero attached hydrogens (tertiary/aromatic N) is 2. The molecule has 0 aliphatic heterocycles. The molecular formula is C15H17N3. The zero-order valence-corrected chi connectivity index (χ0v) is 10.7. The molecule has 1 aromatic carbocycles. The van der Waals surface area contributed by atoms with Gasteiger partial charge in [0.15, 0.2) is 0 Å². The molecule has 0 fully saturated rings. The van der Waals surface area contributed by atoms with E-state index < -0.39 is 0 Å². The minimum atomic E-state index is 0.0266. The first-order valence-corrected chi connectivity index (χ1v) is 6.02. The third-order valence-corrected chi connectivity index (χ3v) is 3.14. The summed E-state index contributed by atoms with van der Waals surface area (Å²) >= 11 is 0. The smallest absolute Gasteiger partial charge is 0.0991 e. The van der Waals surface area contributed by atoms with E-state index in [9.17, 15) is 0 Å². The van der Waals surface area contributed by atoms with Crippen LogP contribution in [0, 0.1) is 18.3 Å². The molecule has 0 saturated carbocycles. The van der Waals surface area contributed by atoms with E-state index in [0.717, 1.165) is 17.8 Å². The van der Waals surface area contributed by atoms with Crippen molar-refractivity contribution in [3.8, 4) is 6.07 Å². The lowest BCUT2D eigenvalue weighted by Gasteiger charge is -2.13. The van der Waals surface area contributed by atoms with Gasteiger partial charge in [-0.3, -0.25) is 0 Å². The SMILES string of the molecule is Cc1cc(C#N)ccc1Cn1cccc1C(C)N. The maximum atomic E-state index is 8.85. The molecule has 0 saturated heterocycles. The number of benzene rings is 1. The van der Waals surface area contributed by atoms with Gasteiger partial charge in [-0.2, -0.15) is 5.26 Å². The third-order valence-electron chi connectivity index (χ3n) is 3.14. The molecule has 0 aliphatic rings. The Morgan fingerprint density at radius 3 is 2.78 bits per heavy atom. The average molecular weight is 239 g/mol. The first-order valence-electron chi connectivity index (χ1n) is 6.02. The van der Waals surface area contributed by atoms with Crippen LogP contribution in [0.4, 0.5) is 0 Å². The van der Waals surface area contributed by atoms with Gasteiger partial charge < -0.3 is 10.3 Å². The Hall–Kier alpha value is -2.05. The predicted octanol–water partition coefficient (Wildman–Crippen LogP) is 2.74. The third kappa shape index (κ3) is 2.44. The van der Waals surface area contributed by atoms with Crippen molar-refractivity contribution in [2.75, 3.05) is 0 Å². The van der Waals surface area contributed by atoms with Gasteiger partial charge in [0.2, 0.25) is 0 Å². The Kier molecular flexibility index (Phi) is 3.50. The Labute approximate surface area is 107 Å². The minimum absolute atomic E-state index is 0.0266. The Bertz CT molecular complexity index is 588. The quantitative estimate of drug-likeness (QED) is 0.895. The van der Waals surface area contributed by atoms with Crippen molar-refractivity contribution in [2.24, 2.45) is 5.73 Å². The molecule has 18 heavy (non-hydrogen) atoms. The van der Waals surface area contributed by atoms with Crippen molar-refractivity contribution in [3.05, 3.63) is 58.9 Å². The highest BCUT2D eigenvalue weighted by atomic mass is 15.0. The normalized spacial score (nSPS) is 12.1. The molecular weight excluding hydrogens is 222 g/mol. The molecule has 2 aromatic rings. The second-order valence-corrected chi connectivity index (χ2v) is 4.60. The summed E-state index contributed by atoms with van der Waals surface area (Å²) in [6.07, 6.45) is 2.04. The molecule has 2 N–H and O–H groups in total. The van der Waals surface area contributed by atoms with Gasteiger partial charge in [-0.1, -0.05) is 6.07 Å². The summed E-state index contributed by atoms with van der Waals surface area (Å²) < 4.78 is 2.15. The van der Waals surface area contributed by atoms with Crippen LogP contribution in [-0.2, 0) is 6.54 Å². The fourth-order valence-corrected chi connectivity index (χ4v) is 2.11. The highest BCUT2D eigenvalue weighted by molar-refractivity contribution is 5.37. The number of aryl methyl sites for hydroxylation is 1. The number of rotatable bonds is 3. The van der Waals surface area contributed by atoms with Crippen LogP contribution < -0.4 is 5.73 Å². The van der Waals surface area contributed by atoms with Crippen LogP contribution >= 0.6 is 0 Å². The Morgan fingerprint density at radius 1 is 1.39 bits per heavy atom. The lowest BCUT2D eigenvalue weighted by Crippen LogP contribution is -2.12. The molecule has 3 heteroatoms. The molecule has 0 aliphatic carbocycles. The van der Waals surface area contributed by atoms with Crippen LogP contribution in [0.15, 0.2) is 36.5 Å². The summed E-state index contributed by atoms with van der Waals surface area (Å²) in [4.78, 5) is 0. The van der Waals surface area contributed by atoms with E-state index in [2.05, 4.69) is 10.6 Å². The topological polar surface area (TPSA) is 54.7 Å². The Morgan fingerprint density at radius 2 is 2.17 bits per heavy atom. The van der Waals surface area contributed by atoms with Crippen LogP contribution in [0.1, 0.15) is 35.3 Å². The van der Waals surface area contributed by atoms with Gasteiger partial charge in [-0.25, -0.2) is 0 Å². The van der Waals surface area contributed by atoms with Crippen molar-refractivity contribution in [2.45, 2.75) is 26.4 Å². The molecule has 0 bridgehead atoms. The molecule has 1 atom stereocenters. The number of hydrogen-bond donors (Lipinski definition) is 1. The summed E-state index contributed by atoms with van der Waals surface area (Å²) in [7, 11) is 0. The lowest BCUT2D eigenvalue weighted by atomic mass is 10.1. The van der Waals surface area contributed by atoms with Crippen LogP contribution in [0.25, 0.3) is 0 Å². The fraction of sp³-hybridized carbons (Fsp3) is 0.267. The maximum absolute atomic E-state index is 8.85. The summed E-state index contributed by atoms with van der Waals surface area (Å²) in [5, 5.41) is 8.85. The molecule has 0 spiro atoms. The molecule has 92 valence electrons. The molecule has 1 heterocycles. The minimum Gasteiger partial charge on any atom is -0.346 e. The number of aromatic nitrogens is 1. The molecule has 1 unspecified atom stereocenters. The monoisotopic (exact) mass is 239 g/mol. The average Bonchev–Trinajstić information content (AvgIpc) is 2.80. The van der Waals surface area contributed by atoms with E-state index in [0.29, 0.717) is 5.56 Å². The van der Waals surface area contributed by atoms with E-state index in [4.69, 9.17) is 11.0 Å². The number of nitrogens with two attached hydrogens (primary N) is 1. The maximum Gasteiger partial charge on any atom is 0.0991 e. The van der Waals surface area contributed by atoms with Crippen molar-refractivity contribution in [1.29, 1.82) is 5.26 Å². The second kappa shape index (κ2) is 5.07. The van der Waals surface area contributed by atoms with Gasteiger partial charge >= 0.3 is 0 Å². The first kappa shape index (κ1) is 12.4. The van der Waals surface area contributed by atoms with Crippen LogP contribution in [-0.4, -0.2) is 4.57 Å². The van der Waals surface area contributed by atoms with Crippen molar-refractivity contribution in [3.63, 3.8) is 0 Å². The van der Waals surface area contributed by atoms with Gasteiger partial charge in [0, 0.05) is 24.5 Å². The number of nitriles is 1. The summed E-state index contributed by atoms with van der Waals surface area (Å²) in [6.45, 7) is 4.81. The Balaban J connectivity index is 2.29. The van der Waals surface area contributed by atoms with Crippen molar-refractivity contribution >= 4 is 0 Å².